The van der Waals surface area contributed by atoms with Crippen LogP contribution in [0.4, 0.5) is 5.00 Å². The monoisotopic (exact) mass is 660 g/mol. The highest BCUT2D eigenvalue weighted by atomic mass is 32.1. The standard InChI is InChI=1S/C33H40N8O5S/c1-17(22-13-19(43-4)15-39(22)2)45-31-25-30(41(32(42)40(25)3)18-9-12-44-16-18)36-29(37-31)26-20-7-5-10-33(27(20)38-46-26)11-6-8-23-24(33)21(14-34)28(35)47-23/h17-19,22H,5-13,15-16,35H2,1-4H3/t17-,18+,19+,22-,33-/m0/s1. The Hall–Kier alpha value is -3.77. The number of aromatic nitrogens is 5. The second-order valence-electron chi connectivity index (χ2n) is 13.6. The maximum atomic E-state index is 13.8. The summed E-state index contributed by atoms with van der Waals surface area (Å²) in [6, 6.07) is 2.34. The molecular formula is C33H40N8O5S. The van der Waals surface area contributed by atoms with Gasteiger partial charge in [-0.15, -0.1) is 11.3 Å². The predicted octanol–water partition coefficient (Wildman–Crippen LogP) is 3.71. The Labute approximate surface area is 276 Å². The van der Waals surface area contributed by atoms with E-state index in [9.17, 15) is 10.1 Å². The minimum absolute atomic E-state index is 0.0986. The summed E-state index contributed by atoms with van der Waals surface area (Å²) in [6.07, 6.45) is 6.67. The Morgan fingerprint density at radius 1 is 1.21 bits per heavy atom. The van der Waals surface area contributed by atoms with Crippen LogP contribution < -0.4 is 16.2 Å². The Balaban J connectivity index is 1.28. The lowest BCUT2D eigenvalue weighted by molar-refractivity contribution is 0.108. The van der Waals surface area contributed by atoms with Crippen LogP contribution >= 0.6 is 11.3 Å². The molecule has 47 heavy (non-hydrogen) atoms. The van der Waals surface area contributed by atoms with Gasteiger partial charge in [-0.05, 0) is 70.9 Å². The normalized spacial score (nSPS) is 26.5. The van der Waals surface area contributed by atoms with Gasteiger partial charge in [0, 0.05) is 49.2 Å². The molecule has 0 aromatic carbocycles. The third-order valence-corrected chi connectivity index (χ3v) is 12.1. The zero-order valence-electron chi connectivity index (χ0n) is 27.2. The van der Waals surface area contributed by atoms with E-state index in [0.717, 1.165) is 68.3 Å². The van der Waals surface area contributed by atoms with Gasteiger partial charge >= 0.3 is 5.69 Å². The number of imidazole rings is 1. The molecule has 5 atom stereocenters. The molecule has 0 unspecified atom stereocenters. The van der Waals surface area contributed by atoms with E-state index in [4.69, 9.17) is 39.6 Å². The molecule has 2 aliphatic heterocycles. The highest BCUT2D eigenvalue weighted by Gasteiger charge is 2.48. The fourth-order valence-electron chi connectivity index (χ4n) is 8.66. The maximum absolute atomic E-state index is 13.8. The van der Waals surface area contributed by atoms with Crippen LogP contribution in [-0.2, 0) is 34.8 Å². The van der Waals surface area contributed by atoms with Crippen molar-refractivity contribution in [3.05, 3.63) is 37.7 Å². The molecule has 8 rings (SSSR count). The summed E-state index contributed by atoms with van der Waals surface area (Å²) in [5.74, 6) is 1.15. The average molecular weight is 661 g/mol. The molecule has 0 amide bonds. The summed E-state index contributed by atoms with van der Waals surface area (Å²) < 4.78 is 27.5. The van der Waals surface area contributed by atoms with Crippen molar-refractivity contribution in [3.8, 4) is 23.5 Å². The number of nitrogens with two attached hydrogens (primary N) is 1. The molecule has 2 saturated heterocycles. The van der Waals surface area contributed by atoms with Gasteiger partial charge < -0.3 is 24.5 Å². The van der Waals surface area contributed by atoms with E-state index >= 15 is 0 Å². The van der Waals surface area contributed by atoms with Crippen LogP contribution in [0.2, 0.25) is 0 Å². The number of nitriles is 1. The topological polar surface area (TPSA) is 159 Å². The largest absolute Gasteiger partial charge is 0.471 e. The zero-order valence-corrected chi connectivity index (χ0v) is 28.1. The second kappa shape index (κ2) is 11.4. The molecule has 0 radical (unpaired) electrons. The van der Waals surface area contributed by atoms with Crippen LogP contribution in [0.1, 0.15) is 78.8 Å². The number of aryl methyl sites for hydroxylation is 2. The van der Waals surface area contributed by atoms with Crippen molar-refractivity contribution < 1.29 is 18.7 Å². The first kappa shape index (κ1) is 30.6. The van der Waals surface area contributed by atoms with Crippen LogP contribution in [0, 0.1) is 11.3 Å². The molecule has 248 valence electrons. The average Bonchev–Trinajstić information content (AvgIpc) is 3.89. The van der Waals surface area contributed by atoms with E-state index in [1.54, 1.807) is 23.3 Å². The molecule has 4 aromatic rings. The molecule has 4 aromatic heterocycles. The van der Waals surface area contributed by atoms with Gasteiger partial charge in [-0.3, -0.25) is 14.0 Å². The van der Waals surface area contributed by atoms with Gasteiger partial charge in [-0.2, -0.15) is 10.2 Å². The lowest BCUT2D eigenvalue weighted by atomic mass is 9.62. The fourth-order valence-corrected chi connectivity index (χ4v) is 9.82. The highest BCUT2D eigenvalue weighted by Crippen LogP contribution is 2.54. The molecule has 2 N–H and O–H groups in total. The summed E-state index contributed by atoms with van der Waals surface area (Å²) in [6.45, 7) is 3.86. The second-order valence-corrected chi connectivity index (χ2v) is 14.7. The third kappa shape index (κ3) is 4.57. The fraction of sp³-hybridized carbons (Fsp3) is 0.606. The molecule has 2 fully saturated rings. The number of anilines is 1. The van der Waals surface area contributed by atoms with Gasteiger partial charge in [0.2, 0.25) is 17.5 Å². The van der Waals surface area contributed by atoms with Crippen LogP contribution in [-0.4, -0.2) is 81.3 Å². The number of methoxy groups -OCH3 is 1. The van der Waals surface area contributed by atoms with E-state index in [2.05, 4.69) is 18.0 Å². The van der Waals surface area contributed by atoms with Crippen molar-refractivity contribution in [1.29, 1.82) is 5.26 Å². The van der Waals surface area contributed by atoms with Crippen molar-refractivity contribution in [2.75, 3.05) is 39.6 Å². The van der Waals surface area contributed by atoms with Crippen LogP contribution in [0.25, 0.3) is 22.7 Å². The maximum Gasteiger partial charge on any atom is 0.330 e. The van der Waals surface area contributed by atoms with E-state index in [1.165, 1.54) is 16.2 Å². The summed E-state index contributed by atoms with van der Waals surface area (Å²) >= 11 is 1.52. The van der Waals surface area contributed by atoms with Gasteiger partial charge in [0.05, 0.1) is 30.0 Å². The zero-order chi connectivity index (χ0) is 32.6. The first-order chi connectivity index (χ1) is 22.8. The highest BCUT2D eigenvalue weighted by molar-refractivity contribution is 7.16. The first-order valence-corrected chi connectivity index (χ1v) is 17.3. The molecule has 0 saturated carbocycles. The van der Waals surface area contributed by atoms with Crippen LogP contribution in [0.15, 0.2) is 9.32 Å². The Morgan fingerprint density at radius 3 is 2.74 bits per heavy atom. The van der Waals surface area contributed by atoms with E-state index < -0.39 is 5.41 Å². The SMILES string of the molecule is CO[C@@H]1C[C@@H]([C@H](C)Oc2nc(-c3onc4c3CCC[C@@]43CCCc4sc(N)c(C#N)c43)nc3c2n(C)c(=O)n3[C@@H]2CCOC2)N(C)C1. The lowest BCUT2D eigenvalue weighted by Crippen LogP contribution is -2.38. The number of nitrogen functional groups attached to an aromatic ring is 1. The van der Waals surface area contributed by atoms with Gasteiger partial charge in [0.15, 0.2) is 11.2 Å². The Bertz CT molecular complexity index is 1960. The minimum atomic E-state index is -0.443. The van der Waals surface area contributed by atoms with Crippen LogP contribution in [0.3, 0.4) is 0 Å². The van der Waals surface area contributed by atoms with Gasteiger partial charge in [0.1, 0.15) is 17.2 Å². The smallest absolute Gasteiger partial charge is 0.330 e. The summed E-state index contributed by atoms with van der Waals surface area (Å²) in [5.41, 5.74) is 10.2. The van der Waals surface area contributed by atoms with Crippen molar-refractivity contribution in [2.24, 2.45) is 7.05 Å². The molecular weight excluding hydrogens is 620 g/mol. The number of likely N-dealkylation sites (N-methyl/N-ethyl adjacent to an activating group) is 1. The number of hydrogen-bond donors (Lipinski definition) is 1. The summed E-state index contributed by atoms with van der Waals surface area (Å²) in [4.78, 5) is 27.2. The number of fused-ring (bicyclic) bond motifs is 5. The molecule has 1 spiro atoms. The Kier molecular flexibility index (Phi) is 7.43. The Morgan fingerprint density at radius 2 is 2.02 bits per heavy atom. The van der Waals surface area contributed by atoms with Crippen molar-refractivity contribution in [2.45, 2.75) is 88.0 Å². The number of ether oxygens (including phenoxy) is 3. The lowest BCUT2D eigenvalue weighted by Gasteiger charge is -2.39. The molecule has 2 aliphatic carbocycles. The summed E-state index contributed by atoms with van der Waals surface area (Å²) in [5, 5.41) is 15.4. The van der Waals surface area contributed by atoms with Crippen molar-refractivity contribution in [1.82, 2.24) is 29.2 Å². The van der Waals surface area contributed by atoms with Crippen LogP contribution in [0.5, 0.6) is 5.88 Å². The minimum Gasteiger partial charge on any atom is -0.471 e. The quantitative estimate of drug-likeness (QED) is 0.321. The number of thiophene rings is 1. The van der Waals surface area contributed by atoms with Gasteiger partial charge in [0.25, 0.3) is 0 Å². The number of likely N-dealkylation sites (tertiary alicyclic amines) is 1. The van der Waals surface area contributed by atoms with E-state index in [-0.39, 0.29) is 30.0 Å². The van der Waals surface area contributed by atoms with E-state index in [1.807, 2.05) is 6.92 Å². The van der Waals surface area contributed by atoms with E-state index in [0.29, 0.717) is 58.8 Å². The molecule has 6 heterocycles. The molecule has 13 nitrogen and oxygen atoms in total. The number of hydrogen-bond acceptors (Lipinski definition) is 12. The van der Waals surface area contributed by atoms with Gasteiger partial charge in [-0.25, -0.2) is 9.78 Å². The number of rotatable bonds is 6. The summed E-state index contributed by atoms with van der Waals surface area (Å²) in [7, 11) is 5.55. The molecule has 14 heteroatoms. The van der Waals surface area contributed by atoms with Gasteiger partial charge in [-0.1, -0.05) is 5.16 Å². The first-order valence-electron chi connectivity index (χ1n) is 16.5. The molecule has 0 bridgehead atoms. The van der Waals surface area contributed by atoms with Crippen molar-refractivity contribution in [3.63, 3.8) is 0 Å². The van der Waals surface area contributed by atoms with Crippen molar-refractivity contribution >= 4 is 27.5 Å². The third-order valence-electron chi connectivity index (χ3n) is 11.0. The molecule has 4 aliphatic rings. The predicted molar refractivity (Wildman–Crippen MR) is 175 cm³/mol. The number of nitrogens with zero attached hydrogens (tertiary/aromatic N) is 7.